The van der Waals surface area contributed by atoms with Crippen molar-refractivity contribution in [3.63, 3.8) is 0 Å². The van der Waals surface area contributed by atoms with E-state index in [4.69, 9.17) is 17.0 Å². The summed E-state index contributed by atoms with van der Waals surface area (Å²) in [5, 5.41) is 33.2. The van der Waals surface area contributed by atoms with Gasteiger partial charge in [-0.3, -0.25) is 0 Å². The summed E-state index contributed by atoms with van der Waals surface area (Å²) in [4.78, 5) is 0.562. The fourth-order valence-corrected chi connectivity index (χ4v) is 4.70. The highest BCUT2D eigenvalue weighted by molar-refractivity contribution is 8.00. The number of hydrogen-bond donors (Lipinski definition) is 4. The maximum atomic E-state index is 10.3. The Hall–Kier alpha value is 0.0800. The third-order valence-electron chi connectivity index (χ3n) is 4.13. The van der Waals surface area contributed by atoms with E-state index >= 15 is 0 Å². The molecule has 2 fully saturated rings. The van der Waals surface area contributed by atoms with Gasteiger partial charge in [-0.15, -0.1) is 11.8 Å². The molecule has 0 amide bonds. The number of nitrogens with one attached hydrogen (secondary N) is 1. The average Bonchev–Trinajstić information content (AvgIpc) is 2.47. The van der Waals surface area contributed by atoms with Crippen LogP contribution in [0.3, 0.4) is 0 Å². The summed E-state index contributed by atoms with van der Waals surface area (Å²) >= 11 is 6.75. The Kier molecular flexibility index (Phi) is 6.71. The van der Waals surface area contributed by atoms with Crippen molar-refractivity contribution in [1.29, 1.82) is 0 Å². The molecular formula is C14H25NO4S2. The van der Waals surface area contributed by atoms with Crippen LogP contribution in [0.25, 0.3) is 0 Å². The summed E-state index contributed by atoms with van der Waals surface area (Å²) in [6.07, 6.45) is 3.17. The van der Waals surface area contributed by atoms with Crippen molar-refractivity contribution in [3.05, 3.63) is 0 Å². The molecule has 0 aromatic heterocycles. The Morgan fingerprint density at radius 3 is 2.48 bits per heavy atom. The summed E-state index contributed by atoms with van der Waals surface area (Å²) in [6.45, 7) is 1.44. The molecule has 1 aliphatic heterocycles. The minimum absolute atomic E-state index is 0.302. The molecular weight excluding hydrogens is 310 g/mol. The van der Waals surface area contributed by atoms with Crippen molar-refractivity contribution in [2.45, 2.75) is 74.1 Å². The van der Waals surface area contributed by atoms with E-state index in [2.05, 4.69) is 5.32 Å². The first kappa shape index (κ1) is 17.4. The zero-order valence-electron chi connectivity index (χ0n) is 12.3. The van der Waals surface area contributed by atoms with Crippen LogP contribution in [0.1, 0.15) is 39.0 Å². The molecule has 0 spiro atoms. The molecule has 1 saturated heterocycles. The second-order valence-electron chi connectivity index (χ2n) is 5.83. The molecule has 1 aliphatic carbocycles. The molecule has 5 atom stereocenters. The molecule has 2 rings (SSSR count). The Morgan fingerprint density at radius 2 is 1.90 bits per heavy atom. The first-order valence-electron chi connectivity index (χ1n) is 7.58. The van der Waals surface area contributed by atoms with Gasteiger partial charge < -0.3 is 25.4 Å². The van der Waals surface area contributed by atoms with Gasteiger partial charge in [0.25, 0.3) is 0 Å². The standard InChI is InChI=1S/C14H25NO4S2/c1-8(20)15-11-13(18)12(17)10(7-16)19-14(11)21-9-5-3-2-4-6-9/h9-14,16-18H,2-7H2,1H3,(H,15,20)/t10-,11-,12-,13-,14-/m1/s1. The molecule has 21 heavy (non-hydrogen) atoms. The number of aliphatic hydroxyl groups is 3. The summed E-state index contributed by atoms with van der Waals surface area (Å²) in [5.74, 6) is 0. The van der Waals surface area contributed by atoms with Crippen LogP contribution in [-0.4, -0.2) is 62.0 Å². The SMILES string of the molecule is CC(=S)N[C@@H]1[C@@H](O)[C@H](O)[C@@H](CO)O[C@@H]1SC1CCCCC1. The summed E-state index contributed by atoms with van der Waals surface area (Å²) < 4.78 is 5.82. The third kappa shape index (κ3) is 4.53. The molecule has 4 N–H and O–H groups in total. The van der Waals surface area contributed by atoms with Gasteiger partial charge in [0.05, 0.1) is 17.6 Å². The van der Waals surface area contributed by atoms with Crippen LogP contribution in [0.5, 0.6) is 0 Å². The van der Waals surface area contributed by atoms with E-state index in [9.17, 15) is 15.3 Å². The van der Waals surface area contributed by atoms with E-state index in [1.54, 1.807) is 18.7 Å². The topological polar surface area (TPSA) is 82.0 Å². The van der Waals surface area contributed by atoms with Gasteiger partial charge in [0.1, 0.15) is 23.7 Å². The van der Waals surface area contributed by atoms with Gasteiger partial charge in [-0.1, -0.05) is 31.5 Å². The highest BCUT2D eigenvalue weighted by atomic mass is 32.2. The Balaban J connectivity index is 2.06. The van der Waals surface area contributed by atoms with Gasteiger partial charge in [0.2, 0.25) is 0 Å². The van der Waals surface area contributed by atoms with Crippen molar-refractivity contribution >= 4 is 29.0 Å². The molecule has 5 nitrogen and oxygen atoms in total. The van der Waals surface area contributed by atoms with Crippen LogP contribution >= 0.6 is 24.0 Å². The zero-order valence-corrected chi connectivity index (χ0v) is 13.9. The van der Waals surface area contributed by atoms with Gasteiger partial charge in [0, 0.05) is 5.25 Å². The van der Waals surface area contributed by atoms with Crippen LogP contribution < -0.4 is 5.32 Å². The third-order valence-corrected chi connectivity index (χ3v) is 5.78. The largest absolute Gasteiger partial charge is 0.394 e. The minimum atomic E-state index is -1.11. The second-order valence-corrected chi connectivity index (χ2v) is 7.84. The van der Waals surface area contributed by atoms with Crippen molar-refractivity contribution < 1.29 is 20.1 Å². The lowest BCUT2D eigenvalue weighted by atomic mass is 9.98. The zero-order chi connectivity index (χ0) is 15.4. The number of hydrogen-bond acceptors (Lipinski definition) is 6. The quantitative estimate of drug-likeness (QED) is 0.566. The number of thioether (sulfide) groups is 1. The van der Waals surface area contributed by atoms with E-state index in [1.807, 2.05) is 0 Å². The number of aliphatic hydroxyl groups excluding tert-OH is 3. The number of rotatable bonds is 4. The van der Waals surface area contributed by atoms with Crippen molar-refractivity contribution in [3.8, 4) is 0 Å². The van der Waals surface area contributed by atoms with Crippen molar-refractivity contribution in [2.24, 2.45) is 0 Å². The lowest BCUT2D eigenvalue weighted by Gasteiger charge is -2.43. The van der Waals surface area contributed by atoms with Crippen molar-refractivity contribution in [2.75, 3.05) is 6.61 Å². The van der Waals surface area contributed by atoms with Gasteiger partial charge in [0.15, 0.2) is 0 Å². The first-order valence-corrected chi connectivity index (χ1v) is 8.93. The fraction of sp³-hybridized carbons (Fsp3) is 0.929. The lowest BCUT2D eigenvalue weighted by molar-refractivity contribution is -0.169. The normalized spacial score (nSPS) is 38.2. The van der Waals surface area contributed by atoms with E-state index < -0.39 is 24.4 Å². The maximum absolute atomic E-state index is 10.3. The Morgan fingerprint density at radius 1 is 1.24 bits per heavy atom. The molecule has 1 saturated carbocycles. The van der Waals surface area contributed by atoms with Crippen LogP contribution in [0, 0.1) is 0 Å². The number of thiocarbonyl (C=S) groups is 1. The highest BCUT2D eigenvalue weighted by Gasteiger charge is 2.45. The van der Waals surface area contributed by atoms with Crippen LogP contribution in [0.2, 0.25) is 0 Å². The molecule has 0 unspecified atom stereocenters. The Bertz CT molecular complexity index is 352. The van der Waals surface area contributed by atoms with Gasteiger partial charge >= 0.3 is 0 Å². The van der Waals surface area contributed by atoms with Gasteiger partial charge in [-0.2, -0.15) is 0 Å². The summed E-state index contributed by atoms with van der Waals surface area (Å²) in [5.41, 5.74) is -0.318. The molecule has 2 aliphatic rings. The molecule has 7 heteroatoms. The minimum Gasteiger partial charge on any atom is -0.394 e. The average molecular weight is 335 g/mol. The predicted molar refractivity (Wildman–Crippen MR) is 87.4 cm³/mol. The summed E-state index contributed by atoms with van der Waals surface area (Å²) in [6, 6.07) is -0.452. The number of ether oxygens (including phenoxy) is 1. The van der Waals surface area contributed by atoms with Crippen LogP contribution in [-0.2, 0) is 4.74 Å². The Labute approximate surface area is 135 Å². The second kappa shape index (κ2) is 8.08. The molecule has 1 heterocycles. The monoisotopic (exact) mass is 335 g/mol. The maximum Gasteiger partial charge on any atom is 0.126 e. The fourth-order valence-electron chi connectivity index (χ4n) is 2.98. The van der Waals surface area contributed by atoms with Crippen LogP contribution in [0.4, 0.5) is 0 Å². The lowest BCUT2D eigenvalue weighted by Crippen LogP contribution is -2.63. The van der Waals surface area contributed by atoms with E-state index in [1.165, 1.54) is 19.3 Å². The molecule has 0 aromatic rings. The highest BCUT2D eigenvalue weighted by Crippen LogP contribution is 2.36. The molecule has 0 aromatic carbocycles. The van der Waals surface area contributed by atoms with Gasteiger partial charge in [-0.05, 0) is 19.8 Å². The molecule has 0 bridgehead atoms. The van der Waals surface area contributed by atoms with Gasteiger partial charge in [-0.25, -0.2) is 0 Å². The van der Waals surface area contributed by atoms with Crippen molar-refractivity contribution in [1.82, 2.24) is 5.32 Å². The van der Waals surface area contributed by atoms with Crippen LogP contribution in [0.15, 0.2) is 0 Å². The van der Waals surface area contributed by atoms with E-state index in [0.29, 0.717) is 10.2 Å². The smallest absolute Gasteiger partial charge is 0.126 e. The van der Waals surface area contributed by atoms with E-state index in [0.717, 1.165) is 12.8 Å². The molecule has 0 radical (unpaired) electrons. The summed E-state index contributed by atoms with van der Waals surface area (Å²) in [7, 11) is 0. The van der Waals surface area contributed by atoms with E-state index in [-0.39, 0.29) is 12.0 Å². The predicted octanol–water partition coefficient (Wildman–Crippen LogP) is 0.797. The molecule has 122 valence electrons. The first-order chi connectivity index (χ1) is 10.0.